The summed E-state index contributed by atoms with van der Waals surface area (Å²) in [6, 6.07) is 10.7. The number of rotatable bonds is 5. The van der Waals surface area contributed by atoms with Crippen molar-refractivity contribution in [3.63, 3.8) is 0 Å². The molecule has 2 nitrogen and oxygen atoms in total. The number of aryl methyl sites for hydroxylation is 1. The predicted molar refractivity (Wildman–Crippen MR) is 75.6 cm³/mol. The Labute approximate surface area is 111 Å². The van der Waals surface area contributed by atoms with Crippen molar-refractivity contribution >= 4 is 0 Å². The van der Waals surface area contributed by atoms with Crippen LogP contribution in [-0.2, 0) is 6.42 Å². The Bertz CT molecular complexity index is 328. The normalized spacial score (nSPS) is 19.9. The van der Waals surface area contributed by atoms with Gasteiger partial charge in [0.25, 0.3) is 0 Å². The van der Waals surface area contributed by atoms with Crippen LogP contribution in [0.4, 0.5) is 0 Å². The molecule has 1 fully saturated rings. The van der Waals surface area contributed by atoms with Crippen molar-refractivity contribution in [1.82, 2.24) is 4.90 Å². The van der Waals surface area contributed by atoms with E-state index < -0.39 is 0 Å². The molecular formula is C16H25NO. The fraction of sp³-hybridized carbons (Fsp3) is 0.625. The molecule has 1 unspecified atom stereocenters. The Morgan fingerprint density at radius 1 is 1.22 bits per heavy atom. The third kappa shape index (κ3) is 4.11. The molecule has 1 aliphatic heterocycles. The van der Waals surface area contributed by atoms with Gasteiger partial charge in [0.2, 0.25) is 0 Å². The lowest BCUT2D eigenvalue weighted by Gasteiger charge is -2.33. The Balaban J connectivity index is 1.64. The molecule has 0 amide bonds. The third-order valence-corrected chi connectivity index (χ3v) is 4.10. The van der Waals surface area contributed by atoms with Crippen molar-refractivity contribution in [3.05, 3.63) is 35.9 Å². The van der Waals surface area contributed by atoms with E-state index >= 15 is 0 Å². The Kier molecular flexibility index (Phi) is 5.21. The number of aliphatic hydroxyl groups is 1. The highest BCUT2D eigenvalue weighted by atomic mass is 16.3. The van der Waals surface area contributed by atoms with Gasteiger partial charge in [0.1, 0.15) is 0 Å². The summed E-state index contributed by atoms with van der Waals surface area (Å²) in [4.78, 5) is 2.54. The molecule has 2 rings (SSSR count). The van der Waals surface area contributed by atoms with E-state index in [1.807, 2.05) is 6.92 Å². The van der Waals surface area contributed by atoms with Crippen LogP contribution in [-0.4, -0.2) is 35.7 Å². The van der Waals surface area contributed by atoms with E-state index in [1.165, 1.54) is 24.9 Å². The van der Waals surface area contributed by atoms with Gasteiger partial charge in [-0.05, 0) is 63.7 Å². The van der Waals surface area contributed by atoms with Crippen LogP contribution in [0.25, 0.3) is 0 Å². The van der Waals surface area contributed by atoms with Gasteiger partial charge in [-0.3, -0.25) is 0 Å². The average molecular weight is 247 g/mol. The lowest BCUT2D eigenvalue weighted by molar-refractivity contribution is 0.0716. The largest absolute Gasteiger partial charge is 0.393 e. The number of hydrogen-bond donors (Lipinski definition) is 1. The summed E-state index contributed by atoms with van der Waals surface area (Å²) < 4.78 is 0. The molecule has 1 atom stereocenters. The molecule has 1 heterocycles. The predicted octanol–water partition coefficient (Wildman–Crippen LogP) is 2.71. The number of benzene rings is 1. The quantitative estimate of drug-likeness (QED) is 0.865. The second kappa shape index (κ2) is 6.91. The number of nitrogens with zero attached hydrogens (tertiary/aromatic N) is 1. The standard InChI is InChI=1S/C16H25NO/c1-14(18)16-9-12-17(13-10-16)11-5-8-15-6-3-2-4-7-15/h2-4,6-7,14,16,18H,5,8-13H2,1H3. The van der Waals surface area contributed by atoms with E-state index in [1.54, 1.807) is 0 Å². The summed E-state index contributed by atoms with van der Waals surface area (Å²) in [6.45, 7) is 5.44. The zero-order chi connectivity index (χ0) is 12.8. The zero-order valence-corrected chi connectivity index (χ0v) is 11.4. The van der Waals surface area contributed by atoms with Crippen LogP contribution in [0.15, 0.2) is 30.3 Å². The van der Waals surface area contributed by atoms with Crippen molar-refractivity contribution in [2.24, 2.45) is 5.92 Å². The minimum Gasteiger partial charge on any atom is -0.393 e. The van der Waals surface area contributed by atoms with Crippen molar-refractivity contribution in [3.8, 4) is 0 Å². The van der Waals surface area contributed by atoms with Gasteiger partial charge in [0.05, 0.1) is 6.10 Å². The Hall–Kier alpha value is -0.860. The molecule has 0 aromatic heterocycles. The average Bonchev–Trinajstić information content (AvgIpc) is 2.40. The summed E-state index contributed by atoms with van der Waals surface area (Å²) in [7, 11) is 0. The first kappa shape index (κ1) is 13.6. The van der Waals surface area contributed by atoms with Crippen molar-refractivity contribution in [2.45, 2.75) is 38.7 Å². The van der Waals surface area contributed by atoms with Crippen LogP contribution in [0.1, 0.15) is 31.7 Å². The smallest absolute Gasteiger partial charge is 0.0541 e. The molecule has 0 saturated carbocycles. The molecule has 1 aromatic carbocycles. The second-order valence-electron chi connectivity index (χ2n) is 5.51. The third-order valence-electron chi connectivity index (χ3n) is 4.10. The Morgan fingerprint density at radius 3 is 2.50 bits per heavy atom. The van der Waals surface area contributed by atoms with E-state index in [0.29, 0.717) is 5.92 Å². The van der Waals surface area contributed by atoms with E-state index in [0.717, 1.165) is 25.9 Å². The van der Waals surface area contributed by atoms with Crippen LogP contribution in [0.5, 0.6) is 0 Å². The molecule has 100 valence electrons. The topological polar surface area (TPSA) is 23.5 Å². The number of hydrogen-bond acceptors (Lipinski definition) is 2. The van der Waals surface area contributed by atoms with Crippen molar-refractivity contribution in [1.29, 1.82) is 0 Å². The first-order valence-corrected chi connectivity index (χ1v) is 7.20. The summed E-state index contributed by atoms with van der Waals surface area (Å²) in [5.41, 5.74) is 1.44. The van der Waals surface area contributed by atoms with Gasteiger partial charge in [0, 0.05) is 0 Å². The fourth-order valence-corrected chi connectivity index (χ4v) is 2.81. The lowest BCUT2D eigenvalue weighted by Crippen LogP contribution is -2.37. The minimum absolute atomic E-state index is 0.128. The molecule has 0 spiro atoms. The molecule has 0 aliphatic carbocycles. The molecule has 1 N–H and O–H groups in total. The molecule has 18 heavy (non-hydrogen) atoms. The number of piperidine rings is 1. The molecule has 0 radical (unpaired) electrons. The van der Waals surface area contributed by atoms with Gasteiger partial charge < -0.3 is 10.0 Å². The summed E-state index contributed by atoms with van der Waals surface area (Å²) in [5, 5.41) is 9.57. The summed E-state index contributed by atoms with van der Waals surface area (Å²) in [5.74, 6) is 0.523. The molecular weight excluding hydrogens is 222 g/mol. The van der Waals surface area contributed by atoms with Gasteiger partial charge in [0.15, 0.2) is 0 Å². The molecule has 1 aromatic rings. The van der Waals surface area contributed by atoms with Crippen LogP contribution in [0.2, 0.25) is 0 Å². The maximum absolute atomic E-state index is 9.57. The van der Waals surface area contributed by atoms with E-state index in [9.17, 15) is 5.11 Å². The van der Waals surface area contributed by atoms with Gasteiger partial charge in [-0.2, -0.15) is 0 Å². The first-order chi connectivity index (χ1) is 8.75. The molecule has 2 heteroatoms. The SMILES string of the molecule is CC(O)C1CCN(CCCc2ccccc2)CC1. The van der Waals surface area contributed by atoms with Crippen LogP contribution >= 0.6 is 0 Å². The highest BCUT2D eigenvalue weighted by molar-refractivity contribution is 5.14. The zero-order valence-electron chi connectivity index (χ0n) is 11.4. The van der Waals surface area contributed by atoms with Gasteiger partial charge in [-0.25, -0.2) is 0 Å². The maximum atomic E-state index is 9.57. The highest BCUT2D eigenvalue weighted by Gasteiger charge is 2.21. The monoisotopic (exact) mass is 247 g/mol. The molecule has 1 saturated heterocycles. The lowest BCUT2D eigenvalue weighted by atomic mass is 9.92. The van der Waals surface area contributed by atoms with Gasteiger partial charge in [-0.15, -0.1) is 0 Å². The van der Waals surface area contributed by atoms with Crippen molar-refractivity contribution in [2.75, 3.05) is 19.6 Å². The van der Waals surface area contributed by atoms with Crippen LogP contribution in [0.3, 0.4) is 0 Å². The number of aliphatic hydroxyl groups excluding tert-OH is 1. The van der Waals surface area contributed by atoms with E-state index in [-0.39, 0.29) is 6.10 Å². The summed E-state index contributed by atoms with van der Waals surface area (Å²) in [6.07, 6.45) is 4.60. The maximum Gasteiger partial charge on any atom is 0.0541 e. The first-order valence-electron chi connectivity index (χ1n) is 7.20. The van der Waals surface area contributed by atoms with Crippen molar-refractivity contribution < 1.29 is 5.11 Å². The van der Waals surface area contributed by atoms with Gasteiger partial charge in [-0.1, -0.05) is 30.3 Å². The molecule has 0 bridgehead atoms. The number of likely N-dealkylation sites (tertiary alicyclic amines) is 1. The fourth-order valence-electron chi connectivity index (χ4n) is 2.81. The minimum atomic E-state index is -0.128. The summed E-state index contributed by atoms with van der Waals surface area (Å²) >= 11 is 0. The van der Waals surface area contributed by atoms with Crippen LogP contribution < -0.4 is 0 Å². The molecule has 1 aliphatic rings. The highest BCUT2D eigenvalue weighted by Crippen LogP contribution is 2.20. The second-order valence-corrected chi connectivity index (χ2v) is 5.51. The van der Waals surface area contributed by atoms with Crippen LogP contribution in [0, 0.1) is 5.92 Å². The Morgan fingerprint density at radius 2 is 1.89 bits per heavy atom. The van der Waals surface area contributed by atoms with E-state index in [2.05, 4.69) is 35.2 Å². The van der Waals surface area contributed by atoms with E-state index in [4.69, 9.17) is 0 Å². The van der Waals surface area contributed by atoms with Gasteiger partial charge >= 0.3 is 0 Å².